The number of nitrogens with zero attached hydrogens (tertiary/aromatic N) is 4. The molecule has 0 fully saturated rings. The highest BCUT2D eigenvalue weighted by Gasteiger charge is 2.17. The third-order valence-electron chi connectivity index (χ3n) is 8.58. The fourth-order valence-electron chi connectivity index (χ4n) is 5.72. The first-order chi connectivity index (χ1) is 31.0. The average Bonchev–Trinajstić information content (AvgIpc) is 4.00. The minimum Gasteiger partial charge on any atom is -0.441 e. The molecule has 0 bridgehead atoms. The zero-order valence-electron chi connectivity index (χ0n) is 43.1. The molecular weight excluding hydrogens is 793 g/mol. The van der Waals surface area contributed by atoms with Crippen LogP contribution in [0.2, 0.25) is 0 Å². The normalized spacial score (nSPS) is 15.5. The quantitative estimate of drug-likeness (QED) is 0.0763. The summed E-state index contributed by atoms with van der Waals surface area (Å²) in [7, 11) is 0. The summed E-state index contributed by atoms with van der Waals surface area (Å²) in [5.74, 6) is 0.421. The number of benzene rings is 4. The van der Waals surface area contributed by atoms with Crippen molar-refractivity contribution in [1.29, 1.82) is 0 Å². The van der Waals surface area contributed by atoms with Gasteiger partial charge in [0.1, 0.15) is 5.52 Å². The molecule has 4 aromatic carbocycles. The largest absolute Gasteiger partial charge is 0.441 e. The number of aromatic nitrogens is 4. The molecule has 16 nitrogen and oxygen atoms in total. The van der Waals surface area contributed by atoms with Crippen LogP contribution in [0.3, 0.4) is 0 Å². The fourth-order valence-corrected chi connectivity index (χ4v) is 5.72. The van der Waals surface area contributed by atoms with E-state index in [-0.39, 0.29) is 28.4 Å². The molecule has 0 spiro atoms. The minimum atomic E-state index is -1.92. The second-order valence-corrected chi connectivity index (χ2v) is 13.0. The van der Waals surface area contributed by atoms with Crippen molar-refractivity contribution in [1.82, 2.24) is 20.5 Å². The molecule has 0 saturated heterocycles. The van der Waals surface area contributed by atoms with Crippen molar-refractivity contribution in [3.63, 3.8) is 0 Å². The Balaban J connectivity index is 0.000000295. The molecule has 0 aliphatic heterocycles. The van der Waals surface area contributed by atoms with Crippen molar-refractivity contribution in [2.45, 2.75) is 121 Å². The number of rotatable bonds is 4. The molecule has 62 heavy (non-hydrogen) atoms. The molecule has 8 aromatic rings. The first-order valence-electron chi connectivity index (χ1n) is 22.5. The lowest BCUT2D eigenvalue weighted by Gasteiger charge is -2.07. The molecule has 0 aliphatic rings. The van der Waals surface area contributed by atoms with Crippen molar-refractivity contribution in [3.05, 3.63) is 93.7 Å². The predicted octanol–water partition coefficient (Wildman–Crippen LogP) is 10.2. The number of hydrogen-bond acceptors (Lipinski definition) is 16. The lowest BCUT2D eigenvalue weighted by molar-refractivity contribution is 0.199. The monoisotopic (exact) mass is 865 g/mol. The van der Waals surface area contributed by atoms with Crippen LogP contribution in [-0.4, -0.2) is 40.9 Å². The molecule has 0 amide bonds. The van der Waals surface area contributed by atoms with Crippen molar-refractivity contribution < 1.29 is 45.3 Å². The summed E-state index contributed by atoms with van der Waals surface area (Å²) < 4.78 is 58.4. The lowest BCUT2D eigenvalue weighted by atomic mass is 10.0. The highest BCUT2D eigenvalue weighted by atomic mass is 16.5. The number of hydrogen-bond donors (Lipinski definition) is 8. The van der Waals surface area contributed by atoms with Gasteiger partial charge in [0, 0.05) is 74.2 Å². The van der Waals surface area contributed by atoms with E-state index in [4.69, 9.17) is 47.8 Å². The molecule has 4 heterocycles. The summed E-state index contributed by atoms with van der Waals surface area (Å²) in [6.07, 6.45) is -7.13. The van der Waals surface area contributed by atoms with Gasteiger partial charge in [0.05, 0.1) is 48.3 Å². The Kier molecular flexibility index (Phi) is 16.8. The van der Waals surface area contributed by atoms with Gasteiger partial charge in [-0.1, -0.05) is 57.0 Å². The summed E-state index contributed by atoms with van der Waals surface area (Å²) in [5, 5.41) is 52.2. The molecule has 12 N–H and O–H groups in total. The molecule has 0 radical (unpaired) electrons. The Hall–Kier alpha value is -6.20. The van der Waals surface area contributed by atoms with Gasteiger partial charge in [-0.25, -0.2) is 4.98 Å². The average molecular weight is 865 g/mol. The van der Waals surface area contributed by atoms with E-state index in [1.165, 1.54) is 33.8 Å². The SMILES string of the molecule is CC.CC.CC.[2H]C(C)(O)c1c(N)cc2nc(C)oc2c1[3H].[2H]C(C)(O)c1c(N)ccc2c(C)noc12.[2H]C(C)(O)c1cc2c(C)noc2cc1N.[2H]C(C)(O)c1cc2onc(C)c2cc1N. The molecule has 4 aromatic heterocycles. The zero-order chi connectivity index (χ0) is 51.7. The summed E-state index contributed by atoms with van der Waals surface area (Å²) in [6.45, 7) is 24.4. The van der Waals surface area contributed by atoms with Crippen LogP contribution in [0.5, 0.6) is 0 Å². The van der Waals surface area contributed by atoms with E-state index in [1.807, 2.05) is 48.5 Å². The third-order valence-corrected chi connectivity index (χ3v) is 8.58. The van der Waals surface area contributed by atoms with E-state index < -0.39 is 24.3 Å². The Bertz CT molecular complexity index is 2880. The van der Waals surface area contributed by atoms with Gasteiger partial charge in [-0.05, 0) is 90.9 Å². The standard InChI is InChI=1S/4C10H12N2O2.3C2H6/c1-5(13)7-3-10-9(4-8(7)11)12-6(2)14-10;1-5-7-3-9(11)8(6(2)13)4-10(7)14-12-5;1-5-7-3-8(6(2)13)9(11)4-10(7)14-12-5;1-5-7-3-4-8(11)9(6(2)13)10(7)14-12-5;3*1-2/h3-5,13H,11H2,1-2H3;3*3-4,6,13H,11H2,1-2H3;3*1-2H3/i3T,5D;3*6D;;;. The molecule has 16 heteroatoms. The lowest BCUT2D eigenvalue weighted by Crippen LogP contribution is -1.98. The molecular formula is C46H66N8O8. The second kappa shape index (κ2) is 23.7. The van der Waals surface area contributed by atoms with Crippen LogP contribution >= 0.6 is 0 Å². The molecule has 0 aliphatic carbocycles. The number of nitrogen functional groups attached to an aromatic ring is 4. The van der Waals surface area contributed by atoms with E-state index >= 15 is 0 Å². The number of aryl methyl sites for hydroxylation is 4. The first kappa shape index (κ1) is 43.9. The van der Waals surface area contributed by atoms with E-state index in [0.717, 1.165) is 33.2 Å². The molecule has 4 atom stereocenters. The summed E-state index contributed by atoms with van der Waals surface area (Å²) in [4.78, 5) is 4.05. The topological polar surface area (TPSA) is 289 Å². The van der Waals surface area contributed by atoms with E-state index in [9.17, 15) is 20.4 Å². The fraction of sp³-hybridized carbons (Fsp3) is 0.391. The van der Waals surface area contributed by atoms with Crippen molar-refractivity contribution in [2.75, 3.05) is 22.9 Å². The number of anilines is 4. The Morgan fingerprint density at radius 3 is 1.53 bits per heavy atom. The smallest absolute Gasteiger partial charge is 0.192 e. The van der Waals surface area contributed by atoms with Gasteiger partial charge in [-0.3, -0.25) is 0 Å². The summed E-state index contributed by atoms with van der Waals surface area (Å²) in [5.41, 5.74) is 29.4. The Morgan fingerprint density at radius 2 is 1.00 bits per heavy atom. The van der Waals surface area contributed by atoms with Crippen LogP contribution in [0, 0.1) is 27.7 Å². The van der Waals surface area contributed by atoms with Crippen LogP contribution in [-0.2, 0) is 0 Å². The van der Waals surface area contributed by atoms with Crippen molar-refractivity contribution in [2.24, 2.45) is 0 Å². The van der Waals surface area contributed by atoms with Gasteiger partial charge in [0.25, 0.3) is 0 Å². The molecule has 4 unspecified atom stereocenters. The molecule has 8 rings (SSSR count). The van der Waals surface area contributed by atoms with Crippen LogP contribution in [0.4, 0.5) is 22.7 Å². The summed E-state index contributed by atoms with van der Waals surface area (Å²) in [6, 6.07) is 11.3. The van der Waals surface area contributed by atoms with E-state index in [0.29, 0.717) is 56.3 Å². The third kappa shape index (κ3) is 12.4. The van der Waals surface area contributed by atoms with Gasteiger partial charge >= 0.3 is 0 Å². The maximum absolute atomic E-state index is 9.68. The van der Waals surface area contributed by atoms with Crippen molar-refractivity contribution >= 4 is 66.8 Å². The van der Waals surface area contributed by atoms with E-state index in [2.05, 4.69) is 20.5 Å². The number of nitrogens with two attached hydrogens (primary N) is 4. The van der Waals surface area contributed by atoms with Gasteiger partial charge in [0.15, 0.2) is 28.2 Å². The van der Waals surface area contributed by atoms with E-state index in [1.54, 1.807) is 57.2 Å². The second-order valence-electron chi connectivity index (χ2n) is 13.0. The first-order valence-corrected chi connectivity index (χ1v) is 20.0. The molecule has 338 valence electrons. The number of fused-ring (bicyclic) bond motifs is 4. The van der Waals surface area contributed by atoms with Crippen LogP contribution < -0.4 is 22.9 Å². The Labute approximate surface area is 369 Å². The number of aliphatic hydroxyl groups is 4. The minimum absolute atomic E-state index is 0.0381. The maximum Gasteiger partial charge on any atom is 0.192 e. The highest BCUT2D eigenvalue weighted by Crippen LogP contribution is 2.32. The predicted molar refractivity (Wildman–Crippen MR) is 249 cm³/mol. The van der Waals surface area contributed by atoms with Gasteiger partial charge in [-0.15, -0.1) is 0 Å². The number of oxazole rings is 1. The van der Waals surface area contributed by atoms with Gasteiger partial charge in [0.2, 0.25) is 0 Å². The van der Waals surface area contributed by atoms with Crippen LogP contribution in [0.25, 0.3) is 44.0 Å². The van der Waals surface area contributed by atoms with Crippen LogP contribution in [0.15, 0.2) is 66.5 Å². The van der Waals surface area contributed by atoms with Crippen LogP contribution in [0.1, 0.15) is 146 Å². The molecule has 0 saturated carbocycles. The maximum atomic E-state index is 9.68. The zero-order valence-corrected chi connectivity index (χ0v) is 38.1. The highest BCUT2D eigenvalue weighted by molar-refractivity contribution is 5.87. The van der Waals surface area contributed by atoms with Gasteiger partial charge in [-0.2, -0.15) is 0 Å². The van der Waals surface area contributed by atoms with Gasteiger partial charge < -0.3 is 61.3 Å². The Morgan fingerprint density at radius 1 is 0.548 bits per heavy atom. The van der Waals surface area contributed by atoms with Crippen molar-refractivity contribution in [3.8, 4) is 0 Å². The summed E-state index contributed by atoms with van der Waals surface area (Å²) >= 11 is 0.